The largest absolute Gasteiger partial charge is 0.306 e. The molecule has 0 bridgehead atoms. The maximum absolute atomic E-state index is 2.43. The Hall–Kier alpha value is -0.600. The van der Waals surface area contributed by atoms with E-state index >= 15 is 0 Å². The fourth-order valence-electron chi connectivity index (χ4n) is 2.75. The van der Waals surface area contributed by atoms with Gasteiger partial charge in [0.1, 0.15) is 0 Å². The molecule has 2 heteroatoms. The van der Waals surface area contributed by atoms with Gasteiger partial charge >= 0.3 is 0 Å². The molecule has 1 fully saturated rings. The third-order valence-electron chi connectivity index (χ3n) is 4.50. The van der Waals surface area contributed by atoms with E-state index in [0.717, 1.165) is 5.92 Å². The summed E-state index contributed by atoms with van der Waals surface area (Å²) in [6.45, 7) is 6.71. The van der Waals surface area contributed by atoms with Crippen LogP contribution in [0.25, 0.3) is 0 Å². The van der Waals surface area contributed by atoms with E-state index in [2.05, 4.69) is 83.1 Å². The van der Waals surface area contributed by atoms with E-state index < -0.39 is 0 Å². The van der Waals surface area contributed by atoms with Gasteiger partial charge in [0, 0.05) is 6.04 Å². The highest BCUT2D eigenvalue weighted by Gasteiger charge is 2.37. The van der Waals surface area contributed by atoms with E-state index in [9.17, 15) is 0 Å². The Morgan fingerprint density at radius 1 is 1.11 bits per heavy atom. The second-order valence-corrected chi connectivity index (χ2v) is 6.30. The monoisotopic (exact) mass is 250 g/mol. The number of likely N-dealkylation sites (N-methyl/N-ethyl adjacent to an activating group) is 1. The molecule has 0 N–H and O–H groups in total. The molecule has 0 heterocycles. The minimum Gasteiger partial charge on any atom is -0.306 e. The smallest absolute Gasteiger partial charge is 0.0541 e. The average molecular weight is 250 g/mol. The molecule has 4 atom stereocenters. The predicted molar refractivity (Wildman–Crippen MR) is 80.8 cm³/mol. The molecular formula is C16H30N2. The zero-order valence-corrected chi connectivity index (χ0v) is 13.1. The normalized spacial score (nSPS) is 32.4. The first-order chi connectivity index (χ1) is 8.31. The fraction of sp³-hybridized carbons (Fsp3) is 0.750. The Labute approximate surface area is 113 Å². The van der Waals surface area contributed by atoms with E-state index in [-0.39, 0.29) is 5.54 Å². The maximum atomic E-state index is 2.43. The lowest BCUT2D eigenvalue weighted by Gasteiger charge is -2.46. The third kappa shape index (κ3) is 3.24. The van der Waals surface area contributed by atoms with Gasteiger partial charge in [-0.05, 0) is 60.3 Å². The third-order valence-corrected chi connectivity index (χ3v) is 4.50. The lowest BCUT2D eigenvalue weighted by atomic mass is 9.69. The summed E-state index contributed by atoms with van der Waals surface area (Å²) in [4.78, 5) is 4.62. The molecular weight excluding hydrogens is 220 g/mol. The van der Waals surface area contributed by atoms with Crippen molar-refractivity contribution in [3.05, 3.63) is 24.3 Å². The summed E-state index contributed by atoms with van der Waals surface area (Å²) in [7, 11) is 8.65. The van der Waals surface area contributed by atoms with E-state index in [0.29, 0.717) is 12.0 Å². The molecule has 0 amide bonds. The second kappa shape index (κ2) is 6.03. The Bertz CT molecular complexity index is 317. The van der Waals surface area contributed by atoms with Gasteiger partial charge in [0.2, 0.25) is 0 Å². The van der Waals surface area contributed by atoms with Crippen LogP contribution in [0.2, 0.25) is 0 Å². The van der Waals surface area contributed by atoms with Crippen LogP contribution < -0.4 is 0 Å². The summed E-state index contributed by atoms with van der Waals surface area (Å²) in [6, 6.07) is 0.716. The van der Waals surface area contributed by atoms with Gasteiger partial charge in [-0.2, -0.15) is 0 Å². The number of allylic oxidation sites excluding steroid dienone is 1. The van der Waals surface area contributed by atoms with Crippen molar-refractivity contribution < 1.29 is 0 Å². The van der Waals surface area contributed by atoms with Crippen molar-refractivity contribution in [3.8, 4) is 0 Å². The van der Waals surface area contributed by atoms with Gasteiger partial charge in [-0.25, -0.2) is 0 Å². The molecule has 18 heavy (non-hydrogen) atoms. The number of hydrogen-bond donors (Lipinski definition) is 0. The van der Waals surface area contributed by atoms with Crippen LogP contribution in [0.4, 0.5) is 0 Å². The molecule has 0 spiro atoms. The lowest BCUT2D eigenvalue weighted by Crippen LogP contribution is -2.48. The van der Waals surface area contributed by atoms with Crippen LogP contribution >= 0.6 is 0 Å². The maximum Gasteiger partial charge on any atom is 0.0541 e. The Balaban J connectivity index is 2.78. The van der Waals surface area contributed by atoms with Gasteiger partial charge in [0.05, 0.1) is 5.54 Å². The van der Waals surface area contributed by atoms with Crippen molar-refractivity contribution in [1.29, 1.82) is 0 Å². The molecule has 0 radical (unpaired) electrons. The topological polar surface area (TPSA) is 6.48 Å². The quantitative estimate of drug-likeness (QED) is 0.692. The summed E-state index contributed by atoms with van der Waals surface area (Å²) >= 11 is 0. The first-order valence-corrected chi connectivity index (χ1v) is 6.99. The molecule has 104 valence electrons. The van der Waals surface area contributed by atoms with Crippen LogP contribution in [0.3, 0.4) is 0 Å². The molecule has 1 rings (SSSR count). The first kappa shape index (κ1) is 15.5. The SMILES string of the molecule is C/C=C\C(C)(/C=C\C1C(C)CC1N(C)C)N(C)C. The molecule has 1 aliphatic rings. The van der Waals surface area contributed by atoms with Crippen molar-refractivity contribution in [2.75, 3.05) is 28.2 Å². The van der Waals surface area contributed by atoms with Crippen molar-refractivity contribution in [3.63, 3.8) is 0 Å². The van der Waals surface area contributed by atoms with Crippen molar-refractivity contribution >= 4 is 0 Å². The van der Waals surface area contributed by atoms with Gasteiger partial charge in [-0.15, -0.1) is 0 Å². The summed E-state index contributed by atoms with van der Waals surface area (Å²) in [5, 5.41) is 0. The van der Waals surface area contributed by atoms with Gasteiger partial charge in [0.25, 0.3) is 0 Å². The Morgan fingerprint density at radius 3 is 2.11 bits per heavy atom. The van der Waals surface area contributed by atoms with E-state index in [4.69, 9.17) is 0 Å². The average Bonchev–Trinajstić information content (AvgIpc) is 2.25. The van der Waals surface area contributed by atoms with Gasteiger partial charge in [-0.3, -0.25) is 4.90 Å². The van der Waals surface area contributed by atoms with Crippen LogP contribution in [-0.4, -0.2) is 49.6 Å². The first-order valence-electron chi connectivity index (χ1n) is 6.99. The Morgan fingerprint density at radius 2 is 1.72 bits per heavy atom. The minimum atomic E-state index is 0.0287. The van der Waals surface area contributed by atoms with E-state index in [1.807, 2.05) is 0 Å². The van der Waals surface area contributed by atoms with Crippen LogP contribution in [-0.2, 0) is 0 Å². The van der Waals surface area contributed by atoms with Crippen LogP contribution in [0.15, 0.2) is 24.3 Å². The summed E-state index contributed by atoms with van der Waals surface area (Å²) in [6.07, 6.45) is 10.5. The standard InChI is InChI=1S/C16H30N2/c1-8-10-16(3,18(6)7)11-9-14-13(2)12-15(14)17(4)5/h8-11,13-15H,12H2,1-7H3/b10-8-,11-9-. The number of hydrogen-bond acceptors (Lipinski definition) is 2. The predicted octanol–water partition coefficient (Wildman–Crippen LogP) is 3.03. The van der Waals surface area contributed by atoms with Crippen molar-refractivity contribution in [1.82, 2.24) is 9.80 Å². The highest BCUT2D eigenvalue weighted by atomic mass is 15.1. The molecule has 1 aliphatic carbocycles. The highest BCUT2D eigenvalue weighted by Crippen LogP contribution is 2.38. The number of rotatable bonds is 5. The van der Waals surface area contributed by atoms with Gasteiger partial charge < -0.3 is 4.90 Å². The van der Waals surface area contributed by atoms with Gasteiger partial charge in [0.15, 0.2) is 0 Å². The van der Waals surface area contributed by atoms with Crippen LogP contribution in [0, 0.1) is 11.8 Å². The summed E-state index contributed by atoms with van der Waals surface area (Å²) < 4.78 is 0. The molecule has 4 unspecified atom stereocenters. The fourth-order valence-corrected chi connectivity index (χ4v) is 2.75. The van der Waals surface area contributed by atoms with E-state index in [1.165, 1.54) is 6.42 Å². The number of nitrogens with zero attached hydrogens (tertiary/aromatic N) is 2. The Kier molecular flexibility index (Phi) is 5.18. The summed E-state index contributed by atoms with van der Waals surface area (Å²) in [5.74, 6) is 1.51. The zero-order chi connectivity index (χ0) is 13.9. The summed E-state index contributed by atoms with van der Waals surface area (Å²) in [5.41, 5.74) is 0.0287. The molecule has 0 aromatic carbocycles. The van der Waals surface area contributed by atoms with E-state index in [1.54, 1.807) is 0 Å². The van der Waals surface area contributed by atoms with Crippen molar-refractivity contribution in [2.24, 2.45) is 11.8 Å². The molecule has 1 saturated carbocycles. The van der Waals surface area contributed by atoms with Crippen molar-refractivity contribution in [2.45, 2.75) is 38.8 Å². The molecule has 0 aliphatic heterocycles. The lowest BCUT2D eigenvalue weighted by molar-refractivity contribution is 0.0760. The van der Waals surface area contributed by atoms with Crippen LogP contribution in [0.1, 0.15) is 27.2 Å². The molecule has 0 aromatic heterocycles. The van der Waals surface area contributed by atoms with Crippen LogP contribution in [0.5, 0.6) is 0 Å². The van der Waals surface area contributed by atoms with Gasteiger partial charge in [-0.1, -0.05) is 31.2 Å². The molecule has 2 nitrogen and oxygen atoms in total. The highest BCUT2D eigenvalue weighted by molar-refractivity contribution is 5.18. The molecule has 0 aromatic rings. The second-order valence-electron chi connectivity index (χ2n) is 6.30. The molecule has 0 saturated heterocycles. The minimum absolute atomic E-state index is 0.0287. The zero-order valence-electron chi connectivity index (χ0n) is 13.1.